The molecule has 0 aliphatic heterocycles. The Morgan fingerprint density at radius 1 is 1.33 bits per heavy atom. The van der Waals surface area contributed by atoms with E-state index in [-0.39, 0.29) is 6.03 Å². The minimum Gasteiger partial charge on any atom is -0.338 e. The van der Waals surface area contributed by atoms with Gasteiger partial charge in [-0.2, -0.15) is 5.10 Å². The van der Waals surface area contributed by atoms with Gasteiger partial charge in [0.25, 0.3) is 0 Å². The first-order valence-electron chi connectivity index (χ1n) is 7.07. The molecular formula is C15H21N5O. The van der Waals surface area contributed by atoms with Crippen LogP contribution in [0, 0.1) is 13.8 Å². The molecule has 0 radical (unpaired) electrons. The smallest absolute Gasteiger partial charge is 0.315 e. The number of carbonyl (C=O) groups excluding carboxylic acids is 1. The number of aryl methyl sites for hydroxylation is 3. The monoisotopic (exact) mass is 287 g/mol. The molecular weight excluding hydrogens is 266 g/mol. The predicted octanol–water partition coefficient (Wildman–Crippen LogP) is 1.78. The summed E-state index contributed by atoms with van der Waals surface area (Å²) in [5, 5.41) is 10.0. The topological polar surface area (TPSA) is 71.8 Å². The Morgan fingerprint density at radius 2 is 2.19 bits per heavy atom. The SMILES string of the molecule is Cc1cc(C)n(CCCNC(=O)NCc2cccnc2)n1. The summed E-state index contributed by atoms with van der Waals surface area (Å²) in [5.41, 5.74) is 3.15. The highest BCUT2D eigenvalue weighted by atomic mass is 16.2. The van der Waals surface area contributed by atoms with Gasteiger partial charge in [-0.3, -0.25) is 9.67 Å². The summed E-state index contributed by atoms with van der Waals surface area (Å²) < 4.78 is 1.96. The second kappa shape index (κ2) is 7.42. The second-order valence-corrected chi connectivity index (χ2v) is 4.97. The Kier molecular flexibility index (Phi) is 5.31. The van der Waals surface area contributed by atoms with E-state index in [1.807, 2.05) is 36.7 Å². The Morgan fingerprint density at radius 3 is 2.86 bits per heavy atom. The number of nitrogens with one attached hydrogen (secondary N) is 2. The van der Waals surface area contributed by atoms with E-state index in [1.165, 1.54) is 0 Å². The fraction of sp³-hybridized carbons (Fsp3) is 0.400. The van der Waals surface area contributed by atoms with Crippen LogP contribution in [0.15, 0.2) is 30.6 Å². The van der Waals surface area contributed by atoms with Crippen LogP contribution in [0.4, 0.5) is 4.79 Å². The van der Waals surface area contributed by atoms with Gasteiger partial charge < -0.3 is 10.6 Å². The normalized spacial score (nSPS) is 10.4. The lowest BCUT2D eigenvalue weighted by Crippen LogP contribution is -2.35. The van der Waals surface area contributed by atoms with E-state index in [1.54, 1.807) is 12.4 Å². The molecule has 2 aromatic heterocycles. The van der Waals surface area contributed by atoms with Crippen molar-refractivity contribution in [1.82, 2.24) is 25.4 Å². The first-order chi connectivity index (χ1) is 10.1. The molecule has 0 aromatic carbocycles. The van der Waals surface area contributed by atoms with Gasteiger partial charge in [0.15, 0.2) is 0 Å². The van der Waals surface area contributed by atoms with Gasteiger partial charge in [0, 0.05) is 37.7 Å². The van der Waals surface area contributed by atoms with Gasteiger partial charge >= 0.3 is 6.03 Å². The van der Waals surface area contributed by atoms with Crippen LogP contribution in [0.1, 0.15) is 23.4 Å². The lowest BCUT2D eigenvalue weighted by atomic mass is 10.3. The third kappa shape index (κ3) is 4.91. The predicted molar refractivity (Wildman–Crippen MR) is 80.8 cm³/mol. The summed E-state index contributed by atoms with van der Waals surface area (Å²) in [5.74, 6) is 0. The average Bonchev–Trinajstić information content (AvgIpc) is 2.80. The number of carbonyl (C=O) groups is 1. The van der Waals surface area contributed by atoms with Crippen molar-refractivity contribution >= 4 is 6.03 Å². The largest absolute Gasteiger partial charge is 0.338 e. The quantitative estimate of drug-likeness (QED) is 0.796. The zero-order valence-corrected chi connectivity index (χ0v) is 12.5. The van der Waals surface area contributed by atoms with Crippen molar-refractivity contribution in [3.05, 3.63) is 47.5 Å². The highest BCUT2D eigenvalue weighted by Gasteiger charge is 2.02. The molecule has 21 heavy (non-hydrogen) atoms. The molecule has 0 aliphatic carbocycles. The minimum atomic E-state index is -0.160. The molecule has 0 bridgehead atoms. The molecule has 2 aromatic rings. The van der Waals surface area contributed by atoms with Crippen molar-refractivity contribution in [2.24, 2.45) is 0 Å². The maximum Gasteiger partial charge on any atom is 0.315 e. The van der Waals surface area contributed by atoms with Gasteiger partial charge in [-0.15, -0.1) is 0 Å². The first kappa shape index (κ1) is 15.0. The molecule has 2 N–H and O–H groups in total. The lowest BCUT2D eigenvalue weighted by molar-refractivity contribution is 0.240. The van der Waals surface area contributed by atoms with Crippen molar-refractivity contribution in [2.45, 2.75) is 33.4 Å². The van der Waals surface area contributed by atoms with Gasteiger partial charge in [0.1, 0.15) is 0 Å². The maximum absolute atomic E-state index is 11.6. The van der Waals surface area contributed by atoms with E-state index in [9.17, 15) is 4.79 Å². The molecule has 0 saturated heterocycles. The van der Waals surface area contributed by atoms with Crippen LogP contribution in [0.2, 0.25) is 0 Å². The lowest BCUT2D eigenvalue weighted by Gasteiger charge is -2.08. The van der Waals surface area contributed by atoms with E-state index >= 15 is 0 Å². The van der Waals surface area contributed by atoms with Gasteiger partial charge in [-0.25, -0.2) is 4.79 Å². The third-order valence-corrected chi connectivity index (χ3v) is 3.11. The minimum absolute atomic E-state index is 0.160. The first-order valence-corrected chi connectivity index (χ1v) is 7.07. The zero-order chi connectivity index (χ0) is 15.1. The summed E-state index contributed by atoms with van der Waals surface area (Å²) in [4.78, 5) is 15.6. The second-order valence-electron chi connectivity index (χ2n) is 4.97. The number of aromatic nitrogens is 3. The molecule has 2 amide bonds. The number of amides is 2. The average molecular weight is 287 g/mol. The number of hydrogen-bond acceptors (Lipinski definition) is 3. The summed E-state index contributed by atoms with van der Waals surface area (Å²) >= 11 is 0. The van der Waals surface area contributed by atoms with Crippen molar-refractivity contribution in [1.29, 1.82) is 0 Å². The van der Waals surface area contributed by atoms with Crippen LogP contribution in [0.25, 0.3) is 0 Å². The van der Waals surface area contributed by atoms with E-state index in [4.69, 9.17) is 0 Å². The summed E-state index contributed by atoms with van der Waals surface area (Å²) in [6.07, 6.45) is 4.30. The van der Waals surface area contributed by atoms with Crippen molar-refractivity contribution in [2.75, 3.05) is 6.54 Å². The number of pyridine rings is 1. The van der Waals surface area contributed by atoms with E-state index in [2.05, 4.69) is 20.7 Å². The van der Waals surface area contributed by atoms with Crippen molar-refractivity contribution < 1.29 is 4.79 Å². The number of rotatable bonds is 6. The van der Waals surface area contributed by atoms with Gasteiger partial charge in [-0.1, -0.05) is 6.07 Å². The molecule has 0 unspecified atom stereocenters. The Hall–Kier alpha value is -2.37. The van der Waals surface area contributed by atoms with Crippen LogP contribution in [-0.4, -0.2) is 27.3 Å². The number of hydrogen-bond donors (Lipinski definition) is 2. The zero-order valence-electron chi connectivity index (χ0n) is 12.5. The molecule has 0 aliphatic rings. The molecule has 0 fully saturated rings. The fourth-order valence-electron chi connectivity index (χ4n) is 2.08. The molecule has 0 saturated carbocycles. The molecule has 2 heterocycles. The van der Waals surface area contributed by atoms with E-state index < -0.39 is 0 Å². The molecule has 6 heteroatoms. The molecule has 112 valence electrons. The maximum atomic E-state index is 11.6. The molecule has 6 nitrogen and oxygen atoms in total. The third-order valence-electron chi connectivity index (χ3n) is 3.11. The summed E-state index contributed by atoms with van der Waals surface area (Å²) in [7, 11) is 0. The molecule has 0 spiro atoms. The number of nitrogens with zero attached hydrogens (tertiary/aromatic N) is 3. The van der Waals surface area contributed by atoms with Gasteiger partial charge in [0.2, 0.25) is 0 Å². The molecule has 0 atom stereocenters. The van der Waals surface area contributed by atoms with Crippen molar-refractivity contribution in [3.8, 4) is 0 Å². The van der Waals surface area contributed by atoms with E-state index in [0.29, 0.717) is 13.1 Å². The number of urea groups is 1. The fourth-order valence-corrected chi connectivity index (χ4v) is 2.08. The Bertz CT molecular complexity index is 579. The van der Waals surface area contributed by atoms with Crippen LogP contribution in [0.5, 0.6) is 0 Å². The molecule has 2 rings (SSSR count). The van der Waals surface area contributed by atoms with Crippen LogP contribution in [-0.2, 0) is 13.1 Å². The van der Waals surface area contributed by atoms with Crippen LogP contribution < -0.4 is 10.6 Å². The highest BCUT2D eigenvalue weighted by molar-refractivity contribution is 5.73. The highest BCUT2D eigenvalue weighted by Crippen LogP contribution is 2.02. The van der Waals surface area contributed by atoms with E-state index in [0.717, 1.165) is 29.9 Å². The van der Waals surface area contributed by atoms with Gasteiger partial charge in [-0.05, 0) is 38.0 Å². The Balaban J connectivity index is 1.62. The Labute approximate surface area is 124 Å². The summed E-state index contributed by atoms with van der Waals surface area (Å²) in [6, 6.07) is 5.67. The standard InChI is InChI=1S/C15H21N5O/c1-12-9-13(2)20(19-12)8-4-7-17-15(21)18-11-14-5-3-6-16-10-14/h3,5-6,9-10H,4,7-8,11H2,1-2H3,(H2,17,18,21). The van der Waals surface area contributed by atoms with Crippen LogP contribution in [0.3, 0.4) is 0 Å². The van der Waals surface area contributed by atoms with Gasteiger partial charge in [0.05, 0.1) is 5.69 Å². The van der Waals surface area contributed by atoms with Crippen LogP contribution >= 0.6 is 0 Å². The summed E-state index contributed by atoms with van der Waals surface area (Å²) in [6.45, 7) is 5.93. The van der Waals surface area contributed by atoms with Crippen molar-refractivity contribution in [3.63, 3.8) is 0 Å².